The van der Waals surface area contributed by atoms with Gasteiger partial charge in [-0.05, 0) is 12.1 Å². The van der Waals surface area contributed by atoms with Crippen LogP contribution in [0.2, 0.25) is 0 Å². The molecule has 0 unspecified atom stereocenters. The van der Waals surface area contributed by atoms with E-state index in [1.807, 2.05) is 0 Å². The molecule has 2 N–H and O–H groups in total. The molecule has 0 heterocycles. The first-order valence-electron chi connectivity index (χ1n) is 2.79. The van der Waals surface area contributed by atoms with E-state index in [0.717, 1.165) is 6.21 Å². The molecule has 0 radical (unpaired) electrons. The smallest absolute Gasteiger partial charge is 0.173 e. The molecule has 0 atom stereocenters. The molecular weight excluding hydrogens is 130 g/mol. The van der Waals surface area contributed by atoms with E-state index in [4.69, 9.17) is 10.7 Å². The highest BCUT2D eigenvalue weighted by molar-refractivity contribution is 5.80. The molecule has 52 valence electrons. The van der Waals surface area contributed by atoms with Crippen LogP contribution in [0.4, 0.5) is 0 Å². The Bertz CT molecular complexity index is 235. The fraction of sp³-hybridized carbons (Fsp3) is 0. The molecule has 0 aliphatic heterocycles. The molecule has 1 rings (SSSR count). The molecule has 1 aromatic rings. The number of hydrogen-bond donors (Lipinski definition) is 2. The molecule has 0 aromatic heterocycles. The fourth-order valence-electron chi connectivity index (χ4n) is 0.683. The molecule has 3 nitrogen and oxygen atoms in total. The van der Waals surface area contributed by atoms with Crippen molar-refractivity contribution < 1.29 is 10.1 Å². The quantitative estimate of drug-likeness (QED) is 0.369. The van der Waals surface area contributed by atoms with Crippen LogP contribution in [0.3, 0.4) is 0 Å². The number of rotatable bonds is 2. The third kappa shape index (κ3) is 1.14. The second-order valence-electron chi connectivity index (χ2n) is 1.77. The van der Waals surface area contributed by atoms with Gasteiger partial charge in [-0.1, -0.05) is 12.1 Å². The number of nitrogens with one attached hydrogen (secondary N) is 1. The molecular formula is C7H7NO2. The first-order chi connectivity index (χ1) is 4.88. The molecule has 10 heavy (non-hydrogen) atoms. The third-order valence-electron chi connectivity index (χ3n) is 1.17. The van der Waals surface area contributed by atoms with Crippen molar-refractivity contribution in [3.05, 3.63) is 29.8 Å². The molecule has 0 fully saturated rings. The summed E-state index contributed by atoms with van der Waals surface area (Å²) in [7, 11) is 0. The Labute approximate surface area is 58.3 Å². The van der Waals surface area contributed by atoms with Crippen LogP contribution in [0.1, 0.15) is 5.56 Å². The van der Waals surface area contributed by atoms with Crippen molar-refractivity contribution >= 4 is 6.21 Å². The molecule has 0 saturated carbocycles. The van der Waals surface area contributed by atoms with Crippen LogP contribution in [0.25, 0.3) is 0 Å². The van der Waals surface area contributed by atoms with Gasteiger partial charge in [0, 0.05) is 11.8 Å². The second-order valence-corrected chi connectivity index (χ2v) is 1.77. The molecule has 1 aromatic carbocycles. The van der Waals surface area contributed by atoms with Gasteiger partial charge >= 0.3 is 0 Å². The van der Waals surface area contributed by atoms with E-state index >= 15 is 0 Å². The van der Waals surface area contributed by atoms with Gasteiger partial charge in [0.15, 0.2) is 5.75 Å². The Kier molecular flexibility index (Phi) is 2.02. The van der Waals surface area contributed by atoms with Crippen LogP contribution < -0.4 is 4.89 Å². The highest BCUT2D eigenvalue weighted by Gasteiger charge is 1.96. The van der Waals surface area contributed by atoms with Crippen molar-refractivity contribution in [1.29, 1.82) is 5.41 Å². The third-order valence-corrected chi connectivity index (χ3v) is 1.17. The van der Waals surface area contributed by atoms with Crippen molar-refractivity contribution in [2.45, 2.75) is 0 Å². The van der Waals surface area contributed by atoms with Gasteiger partial charge in [-0.15, -0.1) is 0 Å². The maximum Gasteiger partial charge on any atom is 0.173 e. The Balaban J connectivity index is 3.08. The van der Waals surface area contributed by atoms with Gasteiger partial charge in [0.2, 0.25) is 0 Å². The van der Waals surface area contributed by atoms with Gasteiger partial charge < -0.3 is 10.3 Å². The van der Waals surface area contributed by atoms with Crippen LogP contribution in [-0.2, 0) is 0 Å². The van der Waals surface area contributed by atoms with Crippen molar-refractivity contribution in [3.8, 4) is 5.75 Å². The summed E-state index contributed by atoms with van der Waals surface area (Å²) in [6.45, 7) is 0. The van der Waals surface area contributed by atoms with Crippen molar-refractivity contribution in [2.24, 2.45) is 0 Å². The van der Waals surface area contributed by atoms with E-state index < -0.39 is 0 Å². The second kappa shape index (κ2) is 2.98. The fourth-order valence-corrected chi connectivity index (χ4v) is 0.683. The van der Waals surface area contributed by atoms with E-state index in [1.54, 1.807) is 24.3 Å². The monoisotopic (exact) mass is 137 g/mol. The molecule has 3 heteroatoms. The van der Waals surface area contributed by atoms with Crippen LogP contribution in [0.15, 0.2) is 24.3 Å². The van der Waals surface area contributed by atoms with E-state index in [9.17, 15) is 0 Å². The maximum atomic E-state index is 8.25. The highest BCUT2D eigenvalue weighted by atomic mass is 17.1. The van der Waals surface area contributed by atoms with Gasteiger partial charge in [0.1, 0.15) is 0 Å². The zero-order chi connectivity index (χ0) is 7.40. The first-order valence-corrected chi connectivity index (χ1v) is 2.79. The maximum absolute atomic E-state index is 8.25. The average Bonchev–Trinajstić information content (AvgIpc) is 2.04. The van der Waals surface area contributed by atoms with E-state index in [0.29, 0.717) is 11.3 Å². The topological polar surface area (TPSA) is 53.3 Å². The Morgan fingerprint density at radius 1 is 1.40 bits per heavy atom. The largest absolute Gasteiger partial charge is 0.340 e. The molecule has 0 aliphatic rings. The van der Waals surface area contributed by atoms with E-state index in [2.05, 4.69) is 4.89 Å². The van der Waals surface area contributed by atoms with Crippen LogP contribution in [-0.4, -0.2) is 11.5 Å². The predicted octanol–water partition coefficient (Wildman–Crippen LogP) is 1.54. The van der Waals surface area contributed by atoms with Gasteiger partial charge in [-0.3, -0.25) is 0 Å². The molecule has 0 amide bonds. The van der Waals surface area contributed by atoms with Crippen LogP contribution in [0, 0.1) is 5.41 Å². The highest BCUT2D eigenvalue weighted by Crippen LogP contribution is 2.13. The summed E-state index contributed by atoms with van der Waals surface area (Å²) in [6, 6.07) is 6.75. The normalized spacial score (nSPS) is 8.90. The zero-order valence-corrected chi connectivity index (χ0v) is 5.24. The van der Waals surface area contributed by atoms with Gasteiger partial charge in [0.05, 0.1) is 0 Å². The Morgan fingerprint density at radius 3 is 2.60 bits per heavy atom. The molecule has 0 saturated heterocycles. The standard InChI is InChI=1S/C7H7NO2/c8-5-6-3-1-2-4-7(6)10-9/h1-5,8-9H. The minimum absolute atomic E-state index is 0.303. The van der Waals surface area contributed by atoms with Crippen molar-refractivity contribution in [1.82, 2.24) is 0 Å². The summed E-state index contributed by atoms with van der Waals surface area (Å²) in [4.78, 5) is 3.98. The summed E-state index contributed by atoms with van der Waals surface area (Å²) in [5.74, 6) is 0.303. The molecule has 0 spiro atoms. The lowest BCUT2D eigenvalue weighted by molar-refractivity contribution is -0.137. The summed E-state index contributed by atoms with van der Waals surface area (Å²) in [5, 5.41) is 15.1. The van der Waals surface area contributed by atoms with E-state index in [1.165, 1.54) is 0 Å². The van der Waals surface area contributed by atoms with Gasteiger partial charge in [-0.25, -0.2) is 5.26 Å². The minimum atomic E-state index is 0.303. The summed E-state index contributed by atoms with van der Waals surface area (Å²) < 4.78 is 0. The van der Waals surface area contributed by atoms with Crippen LogP contribution in [0.5, 0.6) is 5.75 Å². The lowest BCUT2D eigenvalue weighted by Crippen LogP contribution is -1.88. The summed E-state index contributed by atoms with van der Waals surface area (Å²) >= 11 is 0. The SMILES string of the molecule is N=Cc1ccccc1OO. The number of benzene rings is 1. The zero-order valence-electron chi connectivity index (χ0n) is 5.24. The lowest BCUT2D eigenvalue weighted by Gasteiger charge is -1.97. The van der Waals surface area contributed by atoms with Gasteiger partial charge in [-0.2, -0.15) is 0 Å². The molecule has 0 bridgehead atoms. The lowest BCUT2D eigenvalue weighted by atomic mass is 10.2. The minimum Gasteiger partial charge on any atom is -0.340 e. The predicted molar refractivity (Wildman–Crippen MR) is 37.6 cm³/mol. The number of para-hydroxylation sites is 1. The summed E-state index contributed by atoms with van der Waals surface area (Å²) in [5.41, 5.74) is 0.560. The summed E-state index contributed by atoms with van der Waals surface area (Å²) in [6.07, 6.45) is 1.12. The number of hydrogen-bond acceptors (Lipinski definition) is 3. The van der Waals surface area contributed by atoms with Crippen LogP contribution >= 0.6 is 0 Å². The van der Waals surface area contributed by atoms with Gasteiger partial charge in [0.25, 0.3) is 0 Å². The van der Waals surface area contributed by atoms with Crippen molar-refractivity contribution in [2.75, 3.05) is 0 Å². The average molecular weight is 137 g/mol. The molecule has 0 aliphatic carbocycles. The Hall–Kier alpha value is -1.35. The Morgan fingerprint density at radius 2 is 2.10 bits per heavy atom. The first kappa shape index (κ1) is 6.77. The van der Waals surface area contributed by atoms with Crippen molar-refractivity contribution in [3.63, 3.8) is 0 Å². The van der Waals surface area contributed by atoms with E-state index in [-0.39, 0.29) is 0 Å².